The number of rotatable bonds is 5. The van der Waals surface area contributed by atoms with Crippen LogP contribution in [0.3, 0.4) is 0 Å². The topological polar surface area (TPSA) is 76.1 Å². The molecule has 0 spiro atoms. The van der Waals surface area contributed by atoms with E-state index >= 15 is 0 Å². The number of amides is 1. The highest BCUT2D eigenvalue weighted by molar-refractivity contribution is 9.10. The molecule has 0 saturated carbocycles. The van der Waals surface area contributed by atoms with E-state index in [1.807, 2.05) is 18.2 Å². The lowest BCUT2D eigenvalue weighted by atomic mass is 10.2. The molecule has 1 aliphatic heterocycles. The summed E-state index contributed by atoms with van der Waals surface area (Å²) in [4.78, 5) is 24.8. The molecule has 1 heterocycles. The van der Waals surface area contributed by atoms with Gasteiger partial charge in [-0.05, 0) is 35.0 Å². The Kier molecular flexibility index (Phi) is 5.79. The van der Waals surface area contributed by atoms with Crippen molar-refractivity contribution in [2.75, 3.05) is 19.7 Å². The molecule has 1 aliphatic rings. The fourth-order valence-corrected chi connectivity index (χ4v) is 2.65. The summed E-state index contributed by atoms with van der Waals surface area (Å²) in [5.74, 6) is -0.509. The van der Waals surface area contributed by atoms with Crippen LogP contribution in [0.25, 0.3) is 0 Å². The number of benzene rings is 1. The number of carboxylic acids is 1. The number of nitrogens with zero attached hydrogens (tertiary/aromatic N) is 1. The number of hydrogen-bond acceptors (Lipinski definition) is 4. The van der Waals surface area contributed by atoms with Gasteiger partial charge in [-0.15, -0.1) is 0 Å². The first-order valence-corrected chi connectivity index (χ1v) is 7.80. The van der Waals surface area contributed by atoms with Crippen LogP contribution < -0.4 is 4.74 Å². The van der Waals surface area contributed by atoms with Crippen molar-refractivity contribution in [3.8, 4) is 5.75 Å². The molecule has 1 saturated heterocycles. The Balaban J connectivity index is 1.95. The second kappa shape index (κ2) is 7.60. The minimum atomic E-state index is -0.934. The Morgan fingerprint density at radius 1 is 1.50 bits per heavy atom. The maximum atomic E-state index is 12.4. The van der Waals surface area contributed by atoms with Crippen LogP contribution >= 0.6 is 15.9 Å². The van der Waals surface area contributed by atoms with E-state index in [-0.39, 0.29) is 18.9 Å². The fraction of sp³-hybridized carbons (Fsp3) is 0.467. The predicted octanol–water partition coefficient (Wildman–Crippen LogP) is 1.92. The van der Waals surface area contributed by atoms with Crippen LogP contribution in [0.5, 0.6) is 5.75 Å². The smallest absolute Gasteiger partial charge is 0.306 e. The second-order valence-corrected chi connectivity index (χ2v) is 5.92. The summed E-state index contributed by atoms with van der Waals surface area (Å²) >= 11 is 3.37. The average Bonchev–Trinajstić information content (AvgIpc) is 2.48. The van der Waals surface area contributed by atoms with E-state index in [9.17, 15) is 9.59 Å². The Bertz CT molecular complexity index is 550. The molecule has 2 unspecified atom stereocenters. The quantitative estimate of drug-likeness (QED) is 0.855. The highest BCUT2D eigenvalue weighted by Crippen LogP contribution is 2.25. The molecule has 0 radical (unpaired) electrons. The van der Waals surface area contributed by atoms with Crippen molar-refractivity contribution in [1.82, 2.24) is 4.90 Å². The Morgan fingerprint density at radius 3 is 2.91 bits per heavy atom. The summed E-state index contributed by atoms with van der Waals surface area (Å²) in [6.07, 6.45) is -1.23. The number of halogens is 1. The van der Waals surface area contributed by atoms with E-state index < -0.39 is 18.2 Å². The first kappa shape index (κ1) is 16.8. The fourth-order valence-electron chi connectivity index (χ4n) is 2.28. The largest absolute Gasteiger partial charge is 0.481 e. The second-order valence-electron chi connectivity index (χ2n) is 5.07. The summed E-state index contributed by atoms with van der Waals surface area (Å²) in [6, 6.07) is 7.31. The van der Waals surface area contributed by atoms with Gasteiger partial charge in [-0.2, -0.15) is 0 Å². The molecule has 6 nitrogen and oxygen atoms in total. The highest BCUT2D eigenvalue weighted by atomic mass is 79.9. The molecular formula is C15H18BrNO5. The Labute approximate surface area is 137 Å². The van der Waals surface area contributed by atoms with Gasteiger partial charge in [0.15, 0.2) is 6.10 Å². The maximum absolute atomic E-state index is 12.4. The molecule has 1 N–H and O–H groups in total. The molecule has 0 bridgehead atoms. The third kappa shape index (κ3) is 4.45. The van der Waals surface area contributed by atoms with Crippen molar-refractivity contribution < 1.29 is 24.2 Å². The first-order valence-electron chi connectivity index (χ1n) is 7.00. The maximum Gasteiger partial charge on any atom is 0.306 e. The lowest BCUT2D eigenvalue weighted by molar-refractivity contribution is -0.151. The number of morpholine rings is 1. The average molecular weight is 372 g/mol. The van der Waals surface area contributed by atoms with Gasteiger partial charge in [-0.25, -0.2) is 0 Å². The number of carbonyl (C=O) groups is 2. The van der Waals surface area contributed by atoms with Gasteiger partial charge in [-0.3, -0.25) is 9.59 Å². The molecule has 22 heavy (non-hydrogen) atoms. The van der Waals surface area contributed by atoms with Crippen LogP contribution in [0.4, 0.5) is 0 Å². The standard InChI is InChI=1S/C15H18BrNO5/c1-10(22-13-5-3-2-4-12(13)16)15(20)17-6-7-21-11(9-17)8-14(18)19/h2-5,10-11H,6-9H2,1H3,(H,18,19). The van der Waals surface area contributed by atoms with Crippen molar-refractivity contribution in [3.63, 3.8) is 0 Å². The van der Waals surface area contributed by atoms with E-state index in [1.165, 1.54) is 0 Å². The SMILES string of the molecule is CC(Oc1ccccc1Br)C(=O)N1CCOC(CC(=O)O)C1. The summed E-state index contributed by atoms with van der Waals surface area (Å²) in [5.41, 5.74) is 0. The zero-order valence-corrected chi connectivity index (χ0v) is 13.8. The van der Waals surface area contributed by atoms with E-state index in [2.05, 4.69) is 15.9 Å². The van der Waals surface area contributed by atoms with Gasteiger partial charge in [0.05, 0.1) is 23.6 Å². The number of hydrogen-bond donors (Lipinski definition) is 1. The number of carboxylic acid groups (broad SMARTS) is 1. The predicted molar refractivity (Wildman–Crippen MR) is 82.8 cm³/mol. The van der Waals surface area contributed by atoms with Crippen molar-refractivity contribution in [3.05, 3.63) is 28.7 Å². The third-order valence-electron chi connectivity index (χ3n) is 3.34. The van der Waals surface area contributed by atoms with Crippen molar-refractivity contribution in [1.29, 1.82) is 0 Å². The highest BCUT2D eigenvalue weighted by Gasteiger charge is 2.29. The van der Waals surface area contributed by atoms with Gasteiger partial charge in [0.1, 0.15) is 5.75 Å². The van der Waals surface area contributed by atoms with Crippen LogP contribution in [0.1, 0.15) is 13.3 Å². The number of aliphatic carboxylic acids is 1. The first-order chi connectivity index (χ1) is 10.5. The Morgan fingerprint density at radius 2 is 2.23 bits per heavy atom. The van der Waals surface area contributed by atoms with Crippen molar-refractivity contribution in [2.45, 2.75) is 25.6 Å². The summed E-state index contributed by atoms with van der Waals surface area (Å²) in [6.45, 7) is 2.74. The van der Waals surface area contributed by atoms with Crippen molar-refractivity contribution in [2.24, 2.45) is 0 Å². The van der Waals surface area contributed by atoms with E-state index in [0.29, 0.717) is 18.9 Å². The normalized spacial score (nSPS) is 19.5. The minimum absolute atomic E-state index is 0.108. The number of para-hydroxylation sites is 1. The molecule has 2 atom stereocenters. The number of carbonyl (C=O) groups excluding carboxylic acids is 1. The van der Waals surface area contributed by atoms with Gasteiger partial charge in [0.2, 0.25) is 0 Å². The molecule has 7 heteroatoms. The van der Waals surface area contributed by atoms with Crippen LogP contribution in [-0.2, 0) is 14.3 Å². The lowest BCUT2D eigenvalue weighted by Crippen LogP contribution is -2.50. The van der Waals surface area contributed by atoms with Gasteiger partial charge >= 0.3 is 5.97 Å². The van der Waals surface area contributed by atoms with E-state index in [4.69, 9.17) is 14.6 Å². The number of ether oxygens (including phenoxy) is 2. The summed E-state index contributed by atoms with van der Waals surface area (Å²) < 4.78 is 11.8. The summed E-state index contributed by atoms with van der Waals surface area (Å²) in [7, 11) is 0. The van der Waals surface area contributed by atoms with Gasteiger partial charge in [-0.1, -0.05) is 12.1 Å². The molecule has 0 aliphatic carbocycles. The Hall–Kier alpha value is -1.60. The van der Waals surface area contributed by atoms with Crippen LogP contribution in [0.15, 0.2) is 28.7 Å². The van der Waals surface area contributed by atoms with Crippen LogP contribution in [0, 0.1) is 0 Å². The van der Waals surface area contributed by atoms with Gasteiger partial charge in [0.25, 0.3) is 5.91 Å². The zero-order chi connectivity index (χ0) is 16.1. The van der Waals surface area contributed by atoms with Gasteiger partial charge < -0.3 is 19.5 Å². The molecule has 0 aromatic heterocycles. The van der Waals surface area contributed by atoms with E-state index in [1.54, 1.807) is 17.9 Å². The van der Waals surface area contributed by atoms with Crippen molar-refractivity contribution >= 4 is 27.8 Å². The van der Waals surface area contributed by atoms with Crippen LogP contribution in [0.2, 0.25) is 0 Å². The minimum Gasteiger partial charge on any atom is -0.481 e. The van der Waals surface area contributed by atoms with Crippen LogP contribution in [-0.4, -0.2) is 53.8 Å². The molecule has 1 aromatic carbocycles. The lowest BCUT2D eigenvalue weighted by Gasteiger charge is -2.33. The molecule has 2 rings (SSSR count). The molecule has 1 fully saturated rings. The zero-order valence-electron chi connectivity index (χ0n) is 12.2. The molecule has 1 amide bonds. The molecular weight excluding hydrogens is 354 g/mol. The van der Waals surface area contributed by atoms with E-state index in [0.717, 1.165) is 4.47 Å². The monoisotopic (exact) mass is 371 g/mol. The van der Waals surface area contributed by atoms with Gasteiger partial charge in [0, 0.05) is 13.1 Å². The molecule has 120 valence electrons. The third-order valence-corrected chi connectivity index (χ3v) is 4.00. The summed E-state index contributed by atoms with van der Waals surface area (Å²) in [5, 5.41) is 8.81. The molecule has 1 aromatic rings.